The third kappa shape index (κ3) is 5.69. The molecule has 1 fully saturated rings. The van der Waals surface area contributed by atoms with E-state index in [2.05, 4.69) is 25.2 Å². The second-order valence-electron chi connectivity index (χ2n) is 5.78. The van der Waals surface area contributed by atoms with Crippen molar-refractivity contribution in [1.29, 1.82) is 0 Å². The van der Waals surface area contributed by atoms with Gasteiger partial charge in [0, 0.05) is 6.04 Å². The Morgan fingerprint density at radius 2 is 2.19 bits per heavy atom. The van der Waals surface area contributed by atoms with E-state index in [1.165, 1.54) is 24.8 Å². The zero-order valence-electron chi connectivity index (χ0n) is 13.0. The van der Waals surface area contributed by atoms with Crippen LogP contribution in [0.25, 0.3) is 0 Å². The molecule has 4 heteroatoms. The normalized spacial score (nSPS) is 19.7. The molecule has 1 heterocycles. The first-order valence-electron chi connectivity index (χ1n) is 7.86. The predicted octanol–water partition coefficient (Wildman–Crippen LogP) is 5.19. The summed E-state index contributed by atoms with van der Waals surface area (Å²) in [6.45, 7) is 6.30. The van der Waals surface area contributed by atoms with Crippen LogP contribution < -0.4 is 10.1 Å². The molecule has 1 aliphatic rings. The molecular formula is C17H27Cl2NO. The van der Waals surface area contributed by atoms with Crippen molar-refractivity contribution in [2.45, 2.75) is 57.9 Å². The van der Waals surface area contributed by atoms with E-state index in [0.717, 1.165) is 36.8 Å². The summed E-state index contributed by atoms with van der Waals surface area (Å²) >= 11 is 6.31. The molecule has 0 spiro atoms. The summed E-state index contributed by atoms with van der Waals surface area (Å²) in [4.78, 5) is 0. The highest BCUT2D eigenvalue weighted by Crippen LogP contribution is 2.29. The highest BCUT2D eigenvalue weighted by Gasteiger charge is 2.13. The van der Waals surface area contributed by atoms with Crippen LogP contribution in [0.15, 0.2) is 18.2 Å². The number of ether oxygens (including phenoxy) is 1. The van der Waals surface area contributed by atoms with Crippen molar-refractivity contribution < 1.29 is 4.74 Å². The lowest BCUT2D eigenvalue weighted by atomic mass is 9.99. The second kappa shape index (κ2) is 9.55. The number of nitrogens with one attached hydrogen (secondary N) is 1. The molecule has 1 N–H and O–H groups in total. The number of benzene rings is 1. The predicted molar refractivity (Wildman–Crippen MR) is 93.2 cm³/mol. The zero-order chi connectivity index (χ0) is 14.4. The summed E-state index contributed by atoms with van der Waals surface area (Å²) < 4.78 is 5.84. The molecule has 2 unspecified atom stereocenters. The maximum atomic E-state index is 6.31. The molecule has 2 atom stereocenters. The Bertz CT molecular complexity index is 419. The van der Waals surface area contributed by atoms with Crippen LogP contribution >= 0.6 is 24.0 Å². The zero-order valence-corrected chi connectivity index (χ0v) is 14.6. The fourth-order valence-corrected chi connectivity index (χ4v) is 2.90. The third-order valence-corrected chi connectivity index (χ3v) is 4.57. The Labute approximate surface area is 140 Å². The van der Waals surface area contributed by atoms with Crippen molar-refractivity contribution in [2.24, 2.45) is 0 Å². The van der Waals surface area contributed by atoms with Crippen LogP contribution in [-0.2, 0) is 0 Å². The fourth-order valence-electron chi connectivity index (χ4n) is 2.66. The summed E-state index contributed by atoms with van der Waals surface area (Å²) in [5.41, 5.74) is 1.29. The molecular weight excluding hydrogens is 305 g/mol. The summed E-state index contributed by atoms with van der Waals surface area (Å²) in [6, 6.07) is 6.80. The first-order valence-corrected chi connectivity index (χ1v) is 8.24. The summed E-state index contributed by atoms with van der Waals surface area (Å²) in [5, 5.41) is 4.27. The lowest BCUT2D eigenvalue weighted by Crippen LogP contribution is -2.35. The van der Waals surface area contributed by atoms with Crippen molar-refractivity contribution in [3.63, 3.8) is 0 Å². The molecule has 2 nitrogen and oxygen atoms in total. The smallest absolute Gasteiger partial charge is 0.137 e. The van der Waals surface area contributed by atoms with Gasteiger partial charge in [0.15, 0.2) is 0 Å². The largest absolute Gasteiger partial charge is 0.492 e. The van der Waals surface area contributed by atoms with Gasteiger partial charge in [0.05, 0.1) is 11.6 Å². The monoisotopic (exact) mass is 331 g/mol. The van der Waals surface area contributed by atoms with Gasteiger partial charge in [-0.15, -0.1) is 12.4 Å². The van der Waals surface area contributed by atoms with Gasteiger partial charge in [0.1, 0.15) is 5.75 Å². The molecule has 120 valence electrons. The van der Waals surface area contributed by atoms with E-state index in [-0.39, 0.29) is 12.4 Å². The van der Waals surface area contributed by atoms with Gasteiger partial charge in [-0.2, -0.15) is 0 Å². The summed E-state index contributed by atoms with van der Waals surface area (Å²) in [7, 11) is 0. The fraction of sp³-hybridized carbons (Fsp3) is 0.647. The maximum Gasteiger partial charge on any atom is 0.137 e. The Balaban J connectivity index is 0.00000220. The van der Waals surface area contributed by atoms with Crippen molar-refractivity contribution in [2.75, 3.05) is 13.2 Å². The molecule has 0 aromatic heterocycles. The molecule has 0 aliphatic carbocycles. The molecule has 1 saturated heterocycles. The van der Waals surface area contributed by atoms with E-state index in [1.54, 1.807) is 0 Å². The molecule has 1 aliphatic heterocycles. The third-order valence-electron chi connectivity index (χ3n) is 4.27. The Morgan fingerprint density at radius 1 is 1.38 bits per heavy atom. The molecule has 1 aromatic rings. The number of hydrogen-bond acceptors (Lipinski definition) is 2. The summed E-state index contributed by atoms with van der Waals surface area (Å²) in [5.74, 6) is 1.36. The van der Waals surface area contributed by atoms with Crippen LogP contribution in [0.3, 0.4) is 0 Å². The quantitative estimate of drug-likeness (QED) is 0.774. The van der Waals surface area contributed by atoms with Gasteiger partial charge in [-0.3, -0.25) is 0 Å². The van der Waals surface area contributed by atoms with Gasteiger partial charge >= 0.3 is 0 Å². The standard InChI is InChI=1S/C17H26ClNO.ClH/c1-3-13(2)14-7-8-17(16(18)12-14)20-11-9-15-6-4-5-10-19-15;/h7-8,12-13,15,19H,3-6,9-11H2,1-2H3;1H. The highest BCUT2D eigenvalue weighted by atomic mass is 35.5. The number of rotatable bonds is 6. The van der Waals surface area contributed by atoms with Gasteiger partial charge in [0.25, 0.3) is 0 Å². The summed E-state index contributed by atoms with van der Waals surface area (Å²) in [6.07, 6.45) is 6.10. The van der Waals surface area contributed by atoms with E-state index in [4.69, 9.17) is 16.3 Å². The van der Waals surface area contributed by atoms with Gasteiger partial charge in [-0.05, 0) is 55.8 Å². The van der Waals surface area contributed by atoms with Gasteiger partial charge in [-0.25, -0.2) is 0 Å². The van der Waals surface area contributed by atoms with Crippen molar-refractivity contribution in [3.8, 4) is 5.75 Å². The molecule has 0 saturated carbocycles. The second-order valence-corrected chi connectivity index (χ2v) is 6.19. The molecule has 2 rings (SSSR count). The van der Waals surface area contributed by atoms with Crippen LogP contribution in [0.5, 0.6) is 5.75 Å². The van der Waals surface area contributed by atoms with Crippen LogP contribution in [0, 0.1) is 0 Å². The SMILES string of the molecule is CCC(C)c1ccc(OCCC2CCCCN2)c(Cl)c1.Cl. The first-order chi connectivity index (χ1) is 9.70. The molecule has 0 radical (unpaired) electrons. The van der Waals surface area contributed by atoms with E-state index >= 15 is 0 Å². The number of hydrogen-bond donors (Lipinski definition) is 1. The minimum atomic E-state index is 0. The van der Waals surface area contributed by atoms with E-state index in [1.807, 2.05) is 12.1 Å². The number of halogens is 2. The van der Waals surface area contributed by atoms with Crippen molar-refractivity contribution in [3.05, 3.63) is 28.8 Å². The van der Waals surface area contributed by atoms with Crippen LogP contribution in [0.1, 0.15) is 57.4 Å². The topological polar surface area (TPSA) is 21.3 Å². The van der Waals surface area contributed by atoms with Crippen molar-refractivity contribution in [1.82, 2.24) is 5.32 Å². The van der Waals surface area contributed by atoms with E-state index in [0.29, 0.717) is 12.0 Å². The van der Waals surface area contributed by atoms with Gasteiger partial charge < -0.3 is 10.1 Å². The van der Waals surface area contributed by atoms with E-state index in [9.17, 15) is 0 Å². The minimum absolute atomic E-state index is 0. The van der Waals surface area contributed by atoms with E-state index < -0.39 is 0 Å². The Morgan fingerprint density at radius 3 is 2.81 bits per heavy atom. The average molecular weight is 332 g/mol. The Hall–Kier alpha value is -0.440. The lowest BCUT2D eigenvalue weighted by Gasteiger charge is -2.23. The molecule has 21 heavy (non-hydrogen) atoms. The number of piperidine rings is 1. The van der Waals surface area contributed by atoms with Crippen LogP contribution in [0.2, 0.25) is 5.02 Å². The van der Waals surface area contributed by atoms with Gasteiger partial charge in [0.2, 0.25) is 0 Å². The minimum Gasteiger partial charge on any atom is -0.492 e. The highest BCUT2D eigenvalue weighted by molar-refractivity contribution is 6.32. The first kappa shape index (κ1) is 18.6. The molecule has 0 bridgehead atoms. The average Bonchev–Trinajstić information content (AvgIpc) is 2.49. The van der Waals surface area contributed by atoms with Crippen LogP contribution in [0.4, 0.5) is 0 Å². The van der Waals surface area contributed by atoms with Crippen molar-refractivity contribution >= 4 is 24.0 Å². The lowest BCUT2D eigenvalue weighted by molar-refractivity contribution is 0.268. The maximum absolute atomic E-state index is 6.31. The Kier molecular flexibility index (Phi) is 8.46. The van der Waals surface area contributed by atoms with Gasteiger partial charge in [-0.1, -0.05) is 37.9 Å². The molecule has 0 amide bonds. The molecule has 1 aromatic carbocycles. The van der Waals surface area contributed by atoms with Crippen LogP contribution in [-0.4, -0.2) is 19.2 Å².